The Morgan fingerprint density at radius 3 is 2.00 bits per heavy atom. The van der Waals surface area contributed by atoms with Gasteiger partial charge in [-0.15, -0.1) is 0 Å². The third-order valence-electron chi connectivity index (χ3n) is 5.05. The van der Waals surface area contributed by atoms with E-state index in [9.17, 15) is 9.59 Å². The molecule has 0 saturated heterocycles. The van der Waals surface area contributed by atoms with Crippen LogP contribution < -0.4 is 20.1 Å². The van der Waals surface area contributed by atoms with Gasteiger partial charge in [-0.25, -0.2) is 0 Å². The van der Waals surface area contributed by atoms with E-state index in [1.165, 1.54) is 27.1 Å². The van der Waals surface area contributed by atoms with Crippen molar-refractivity contribution in [3.05, 3.63) is 23.8 Å². The van der Waals surface area contributed by atoms with Crippen molar-refractivity contribution >= 4 is 11.8 Å². The number of amides is 2. The highest BCUT2D eigenvalue weighted by molar-refractivity contribution is 5.98. The van der Waals surface area contributed by atoms with Crippen molar-refractivity contribution in [2.45, 2.75) is 64.5 Å². The predicted molar refractivity (Wildman–Crippen MR) is 105 cm³/mol. The zero-order valence-electron chi connectivity index (χ0n) is 16.8. The molecule has 0 unspecified atom stereocenters. The maximum Gasteiger partial charge on any atom is 0.252 e. The molecule has 0 radical (unpaired) electrons. The van der Waals surface area contributed by atoms with Crippen molar-refractivity contribution in [1.82, 2.24) is 10.6 Å². The summed E-state index contributed by atoms with van der Waals surface area (Å²) in [6, 6.07) is 4.60. The summed E-state index contributed by atoms with van der Waals surface area (Å²) >= 11 is 0. The lowest BCUT2D eigenvalue weighted by atomic mass is 10.0. The number of rotatable bonds is 7. The highest BCUT2D eigenvalue weighted by atomic mass is 16.5. The summed E-state index contributed by atoms with van der Waals surface area (Å²) in [6.45, 7) is 3.87. The van der Waals surface area contributed by atoms with Gasteiger partial charge in [-0.2, -0.15) is 0 Å². The van der Waals surface area contributed by atoms with Crippen LogP contribution in [0.1, 0.15) is 62.7 Å². The van der Waals surface area contributed by atoms with Crippen LogP contribution in [-0.2, 0) is 4.79 Å². The summed E-state index contributed by atoms with van der Waals surface area (Å²) < 4.78 is 10.4. The Kier molecular flexibility index (Phi) is 7.95. The summed E-state index contributed by atoms with van der Waals surface area (Å²) in [4.78, 5) is 25.5. The van der Waals surface area contributed by atoms with Crippen molar-refractivity contribution in [3.63, 3.8) is 0 Å². The van der Waals surface area contributed by atoms with Gasteiger partial charge < -0.3 is 20.1 Å². The molecule has 0 spiro atoms. The second-order valence-electron chi connectivity index (χ2n) is 7.49. The Hall–Kier alpha value is -2.24. The van der Waals surface area contributed by atoms with Crippen LogP contribution in [-0.4, -0.2) is 38.1 Å². The van der Waals surface area contributed by atoms with E-state index in [1.807, 2.05) is 13.8 Å². The molecule has 1 aromatic carbocycles. The van der Waals surface area contributed by atoms with E-state index in [4.69, 9.17) is 9.47 Å². The van der Waals surface area contributed by atoms with Gasteiger partial charge in [0.05, 0.1) is 14.2 Å². The van der Waals surface area contributed by atoms with Crippen LogP contribution in [0.4, 0.5) is 0 Å². The quantitative estimate of drug-likeness (QED) is 0.716. The molecule has 1 saturated carbocycles. The van der Waals surface area contributed by atoms with Gasteiger partial charge in [-0.05, 0) is 30.9 Å². The summed E-state index contributed by atoms with van der Waals surface area (Å²) in [5.74, 6) is 0.612. The monoisotopic (exact) mass is 376 g/mol. The summed E-state index contributed by atoms with van der Waals surface area (Å²) in [6.07, 6.45) is 6.78. The fourth-order valence-corrected chi connectivity index (χ4v) is 3.41. The maximum absolute atomic E-state index is 12.8. The lowest BCUT2D eigenvalue weighted by Crippen LogP contribution is -2.52. The molecule has 0 aromatic heterocycles. The lowest BCUT2D eigenvalue weighted by Gasteiger charge is -2.25. The van der Waals surface area contributed by atoms with Crippen molar-refractivity contribution in [3.8, 4) is 11.5 Å². The molecule has 2 rings (SSSR count). The number of carbonyl (C=O) groups is 2. The molecule has 0 aliphatic heterocycles. The number of benzene rings is 1. The van der Waals surface area contributed by atoms with Crippen LogP contribution in [0.15, 0.2) is 18.2 Å². The van der Waals surface area contributed by atoms with E-state index in [-0.39, 0.29) is 23.8 Å². The molecule has 1 fully saturated rings. The van der Waals surface area contributed by atoms with Gasteiger partial charge in [-0.3, -0.25) is 9.59 Å². The Morgan fingerprint density at radius 1 is 0.963 bits per heavy atom. The van der Waals surface area contributed by atoms with E-state index in [0.717, 1.165) is 25.7 Å². The van der Waals surface area contributed by atoms with E-state index < -0.39 is 6.04 Å². The van der Waals surface area contributed by atoms with Gasteiger partial charge in [0.1, 0.15) is 17.5 Å². The fraction of sp³-hybridized carbons (Fsp3) is 0.619. The smallest absolute Gasteiger partial charge is 0.252 e. The average Bonchev–Trinajstić information content (AvgIpc) is 2.93. The van der Waals surface area contributed by atoms with E-state index in [2.05, 4.69) is 10.6 Å². The second kappa shape index (κ2) is 10.2. The number of hydrogen-bond acceptors (Lipinski definition) is 4. The molecule has 6 nitrogen and oxygen atoms in total. The number of nitrogens with one attached hydrogen (secondary N) is 2. The number of ether oxygens (including phenoxy) is 2. The fourth-order valence-electron chi connectivity index (χ4n) is 3.41. The summed E-state index contributed by atoms with van der Waals surface area (Å²) in [7, 11) is 3.07. The first-order valence-corrected chi connectivity index (χ1v) is 9.79. The maximum atomic E-state index is 12.8. The molecular weight excluding hydrogens is 344 g/mol. The number of hydrogen-bond donors (Lipinski definition) is 2. The number of methoxy groups -OCH3 is 2. The first kappa shape index (κ1) is 21.1. The Bertz CT molecular complexity index is 615. The second-order valence-corrected chi connectivity index (χ2v) is 7.49. The van der Waals surface area contributed by atoms with E-state index in [0.29, 0.717) is 17.1 Å². The zero-order chi connectivity index (χ0) is 19.8. The van der Waals surface area contributed by atoms with Crippen LogP contribution in [0.2, 0.25) is 0 Å². The molecule has 1 atom stereocenters. The summed E-state index contributed by atoms with van der Waals surface area (Å²) in [5, 5.41) is 6.02. The molecule has 150 valence electrons. The molecule has 0 bridgehead atoms. The van der Waals surface area contributed by atoms with Gasteiger partial charge in [0, 0.05) is 17.7 Å². The van der Waals surface area contributed by atoms with Crippen molar-refractivity contribution in [1.29, 1.82) is 0 Å². The van der Waals surface area contributed by atoms with Crippen LogP contribution in [0.3, 0.4) is 0 Å². The van der Waals surface area contributed by atoms with E-state index in [1.54, 1.807) is 18.2 Å². The number of carbonyl (C=O) groups excluding carboxylic acids is 2. The minimum atomic E-state index is -0.585. The zero-order valence-corrected chi connectivity index (χ0v) is 16.8. The highest BCUT2D eigenvalue weighted by Gasteiger charge is 2.27. The highest BCUT2D eigenvalue weighted by Crippen LogP contribution is 2.23. The molecule has 27 heavy (non-hydrogen) atoms. The molecule has 1 aromatic rings. The minimum Gasteiger partial charge on any atom is -0.497 e. The third-order valence-corrected chi connectivity index (χ3v) is 5.05. The normalized spacial score (nSPS) is 16.3. The Labute approximate surface area is 162 Å². The molecular formula is C21H32N2O4. The summed E-state index contributed by atoms with van der Waals surface area (Å²) in [5.41, 5.74) is 0.402. The largest absolute Gasteiger partial charge is 0.497 e. The van der Waals surface area contributed by atoms with Crippen molar-refractivity contribution < 1.29 is 19.1 Å². The first-order chi connectivity index (χ1) is 12.9. The third kappa shape index (κ3) is 6.15. The molecule has 0 heterocycles. The molecule has 2 amide bonds. The Balaban J connectivity index is 2.08. The van der Waals surface area contributed by atoms with Crippen molar-refractivity contribution in [2.24, 2.45) is 5.92 Å². The van der Waals surface area contributed by atoms with Gasteiger partial charge in [0.25, 0.3) is 5.91 Å². The predicted octanol–water partition coefficient (Wildman–Crippen LogP) is 3.30. The molecule has 1 aliphatic rings. The molecule has 6 heteroatoms. The topological polar surface area (TPSA) is 76.7 Å². The molecule has 1 aliphatic carbocycles. The van der Waals surface area contributed by atoms with Crippen LogP contribution in [0, 0.1) is 5.92 Å². The van der Waals surface area contributed by atoms with E-state index >= 15 is 0 Å². The Morgan fingerprint density at radius 2 is 1.52 bits per heavy atom. The van der Waals surface area contributed by atoms with Crippen LogP contribution in [0.5, 0.6) is 11.5 Å². The first-order valence-electron chi connectivity index (χ1n) is 9.79. The van der Waals surface area contributed by atoms with Gasteiger partial charge in [0.15, 0.2) is 0 Å². The van der Waals surface area contributed by atoms with Gasteiger partial charge >= 0.3 is 0 Å². The standard InChI is InChI=1S/C21H32N2O4/c1-14(2)19(21(25)22-16-9-7-5-6-8-10-16)23-20(24)15-11-17(26-3)13-18(12-15)27-4/h11-14,16,19H,5-10H2,1-4H3,(H,22,25)(H,23,24)/t19-/m1/s1. The lowest BCUT2D eigenvalue weighted by molar-refractivity contribution is -0.124. The minimum absolute atomic E-state index is 0.0211. The molecule has 2 N–H and O–H groups in total. The van der Waals surface area contributed by atoms with Gasteiger partial charge in [0.2, 0.25) is 5.91 Å². The SMILES string of the molecule is COc1cc(OC)cc(C(=O)N[C@@H](C(=O)NC2CCCCCC2)C(C)C)c1. The van der Waals surface area contributed by atoms with Crippen LogP contribution >= 0.6 is 0 Å². The van der Waals surface area contributed by atoms with Crippen molar-refractivity contribution in [2.75, 3.05) is 14.2 Å². The van der Waals surface area contributed by atoms with Crippen LogP contribution in [0.25, 0.3) is 0 Å². The van der Waals surface area contributed by atoms with Gasteiger partial charge in [-0.1, -0.05) is 39.5 Å². The average molecular weight is 376 g/mol.